The molecule has 0 radical (unpaired) electrons. The normalized spacial score (nSPS) is 20.0. The van der Waals surface area contributed by atoms with Gasteiger partial charge in [-0.2, -0.15) is 0 Å². The van der Waals surface area contributed by atoms with Crippen LogP contribution in [0.4, 0.5) is 0 Å². The molecule has 1 aliphatic rings. The minimum absolute atomic E-state index is 0.702. The molecule has 2 rings (SSSR count). The van der Waals surface area contributed by atoms with Crippen LogP contribution in [0.5, 0.6) is 0 Å². The number of allylic oxidation sites excluding steroid dienone is 1. The maximum absolute atomic E-state index is 2.46. The average Bonchev–Trinajstić information content (AvgIpc) is 2.41. The van der Waals surface area contributed by atoms with Crippen molar-refractivity contribution in [2.45, 2.75) is 38.5 Å². The highest BCUT2D eigenvalue weighted by atomic mass is 28.3. The van der Waals surface area contributed by atoms with E-state index in [9.17, 15) is 0 Å². The second kappa shape index (κ2) is 3.64. The van der Waals surface area contributed by atoms with Crippen molar-refractivity contribution in [2.75, 3.05) is 0 Å². The zero-order valence-electron chi connectivity index (χ0n) is 10.2. The zero-order chi connectivity index (χ0) is 11.1. The summed E-state index contributed by atoms with van der Waals surface area (Å²) in [5.74, 6) is 0.702. The Bertz CT molecular complexity index is 396. The maximum atomic E-state index is 2.46. The lowest BCUT2D eigenvalue weighted by Gasteiger charge is -2.23. The van der Waals surface area contributed by atoms with Crippen molar-refractivity contribution in [1.29, 1.82) is 0 Å². The molecular formula is C14H20Si. The fourth-order valence-electron chi connectivity index (χ4n) is 2.43. The molecular weight excluding hydrogens is 196 g/mol. The number of fused-ring (bicyclic) bond motifs is 1. The van der Waals surface area contributed by atoms with Crippen LogP contribution in [-0.4, -0.2) is 8.07 Å². The summed E-state index contributed by atoms with van der Waals surface area (Å²) in [7, 11) is -0.973. The Kier molecular flexibility index (Phi) is 2.59. The fourth-order valence-corrected chi connectivity index (χ4v) is 4.20. The van der Waals surface area contributed by atoms with Gasteiger partial charge in [-0.25, -0.2) is 0 Å². The average molecular weight is 216 g/mol. The molecule has 80 valence electrons. The molecule has 0 saturated carbocycles. The highest BCUT2D eigenvalue weighted by molar-refractivity contribution is 6.76. The molecule has 1 aliphatic carbocycles. The third-order valence-corrected chi connectivity index (χ3v) is 4.75. The van der Waals surface area contributed by atoms with Crippen molar-refractivity contribution < 1.29 is 0 Å². The van der Waals surface area contributed by atoms with E-state index < -0.39 is 8.07 Å². The molecule has 0 saturated heterocycles. The zero-order valence-corrected chi connectivity index (χ0v) is 11.2. The van der Waals surface area contributed by atoms with Gasteiger partial charge in [0.15, 0.2) is 0 Å². The Balaban J connectivity index is 2.32. The monoisotopic (exact) mass is 216 g/mol. The van der Waals surface area contributed by atoms with Crippen molar-refractivity contribution in [3.63, 3.8) is 0 Å². The van der Waals surface area contributed by atoms with Crippen LogP contribution < -0.4 is 0 Å². The van der Waals surface area contributed by atoms with Gasteiger partial charge in [-0.3, -0.25) is 0 Å². The summed E-state index contributed by atoms with van der Waals surface area (Å²) in [6.45, 7) is 9.66. The van der Waals surface area contributed by atoms with Crippen LogP contribution in [0.2, 0.25) is 25.7 Å². The van der Waals surface area contributed by atoms with Crippen LogP contribution in [0.15, 0.2) is 29.8 Å². The first-order chi connectivity index (χ1) is 6.97. The number of benzene rings is 1. The molecule has 1 heteroatoms. The van der Waals surface area contributed by atoms with Crippen molar-refractivity contribution in [1.82, 2.24) is 0 Å². The highest BCUT2D eigenvalue weighted by Gasteiger charge is 2.27. The van der Waals surface area contributed by atoms with E-state index in [0.29, 0.717) is 5.92 Å². The van der Waals surface area contributed by atoms with Crippen LogP contribution in [0.1, 0.15) is 24.0 Å². The fraction of sp³-hybridized carbons (Fsp3) is 0.429. The predicted octanol–water partition coefficient (Wildman–Crippen LogP) is 4.53. The smallest absolute Gasteiger partial charge is 0.0451 e. The highest BCUT2D eigenvalue weighted by Crippen LogP contribution is 2.40. The first-order valence-corrected chi connectivity index (χ1v) is 9.45. The summed E-state index contributed by atoms with van der Waals surface area (Å²) in [6.07, 6.45) is 2.36. The van der Waals surface area contributed by atoms with E-state index in [-0.39, 0.29) is 0 Å². The molecule has 15 heavy (non-hydrogen) atoms. The topological polar surface area (TPSA) is 0 Å². The molecule has 0 spiro atoms. The summed E-state index contributed by atoms with van der Waals surface area (Å²) in [4.78, 5) is 0. The Morgan fingerprint density at radius 2 is 1.80 bits per heavy atom. The minimum Gasteiger partial charge on any atom is -0.0695 e. The maximum Gasteiger partial charge on any atom is 0.0451 e. The second-order valence-electron chi connectivity index (χ2n) is 5.83. The molecule has 0 aromatic heterocycles. The molecule has 0 heterocycles. The van der Waals surface area contributed by atoms with Gasteiger partial charge in [0.05, 0.1) is 0 Å². The lowest BCUT2D eigenvalue weighted by Crippen LogP contribution is -2.22. The SMILES string of the molecule is CC1=Cc2ccccc2C1C[Si](C)(C)C. The second-order valence-corrected chi connectivity index (χ2v) is 11.4. The molecule has 0 amide bonds. The van der Waals surface area contributed by atoms with Gasteiger partial charge in [0.25, 0.3) is 0 Å². The first-order valence-electron chi connectivity index (χ1n) is 5.74. The number of rotatable bonds is 2. The lowest BCUT2D eigenvalue weighted by atomic mass is 9.99. The summed E-state index contributed by atoms with van der Waals surface area (Å²) in [6, 6.07) is 10.2. The largest absolute Gasteiger partial charge is 0.0695 e. The van der Waals surface area contributed by atoms with Crippen LogP contribution in [0.25, 0.3) is 6.08 Å². The quantitative estimate of drug-likeness (QED) is 0.637. The van der Waals surface area contributed by atoms with Gasteiger partial charge in [-0.15, -0.1) is 0 Å². The van der Waals surface area contributed by atoms with Gasteiger partial charge in [0.1, 0.15) is 0 Å². The molecule has 0 nitrogen and oxygen atoms in total. The van der Waals surface area contributed by atoms with Crippen LogP contribution in [-0.2, 0) is 0 Å². The van der Waals surface area contributed by atoms with Gasteiger partial charge < -0.3 is 0 Å². The lowest BCUT2D eigenvalue weighted by molar-refractivity contribution is 0.897. The Labute approximate surface area is 94.0 Å². The summed E-state index contributed by atoms with van der Waals surface area (Å²) < 4.78 is 0. The van der Waals surface area contributed by atoms with Crippen LogP contribution in [0.3, 0.4) is 0 Å². The first kappa shape index (κ1) is 10.7. The van der Waals surface area contributed by atoms with Crippen molar-refractivity contribution in [3.8, 4) is 0 Å². The van der Waals surface area contributed by atoms with Crippen molar-refractivity contribution in [2.24, 2.45) is 0 Å². The molecule has 0 fully saturated rings. The van der Waals surface area contributed by atoms with Crippen LogP contribution >= 0.6 is 0 Å². The van der Waals surface area contributed by atoms with E-state index in [4.69, 9.17) is 0 Å². The molecule has 1 aromatic carbocycles. The standard InChI is InChI=1S/C14H20Si/c1-11-9-12-7-5-6-8-13(12)14(11)10-15(2,3)4/h5-9,14H,10H2,1-4H3. The van der Waals surface area contributed by atoms with Crippen molar-refractivity contribution >= 4 is 14.1 Å². The predicted molar refractivity (Wildman–Crippen MR) is 71.0 cm³/mol. The summed E-state index contributed by atoms with van der Waals surface area (Å²) in [5.41, 5.74) is 4.55. The van der Waals surface area contributed by atoms with E-state index in [1.165, 1.54) is 11.6 Å². The summed E-state index contributed by atoms with van der Waals surface area (Å²) >= 11 is 0. The van der Waals surface area contributed by atoms with E-state index in [1.807, 2.05) is 0 Å². The van der Waals surface area contributed by atoms with E-state index in [1.54, 1.807) is 11.1 Å². The van der Waals surface area contributed by atoms with E-state index in [0.717, 1.165) is 0 Å². The van der Waals surface area contributed by atoms with Gasteiger partial charge in [0, 0.05) is 14.0 Å². The Morgan fingerprint density at radius 1 is 1.13 bits per heavy atom. The van der Waals surface area contributed by atoms with Gasteiger partial charge in [0.2, 0.25) is 0 Å². The van der Waals surface area contributed by atoms with Crippen molar-refractivity contribution in [3.05, 3.63) is 41.0 Å². The molecule has 0 aliphatic heterocycles. The third kappa shape index (κ3) is 2.23. The van der Waals surface area contributed by atoms with E-state index in [2.05, 4.69) is 56.9 Å². The third-order valence-electron chi connectivity index (χ3n) is 3.12. The number of hydrogen-bond acceptors (Lipinski definition) is 0. The molecule has 0 bridgehead atoms. The summed E-state index contributed by atoms with van der Waals surface area (Å²) in [5, 5.41) is 0. The molecule has 1 aromatic rings. The molecule has 1 atom stereocenters. The van der Waals surface area contributed by atoms with E-state index >= 15 is 0 Å². The minimum atomic E-state index is -0.973. The van der Waals surface area contributed by atoms with Gasteiger partial charge in [-0.1, -0.05) is 55.6 Å². The van der Waals surface area contributed by atoms with Gasteiger partial charge >= 0.3 is 0 Å². The number of hydrogen-bond donors (Lipinski definition) is 0. The Hall–Kier alpha value is -0.823. The van der Waals surface area contributed by atoms with Crippen LogP contribution in [0, 0.1) is 0 Å². The van der Waals surface area contributed by atoms with Gasteiger partial charge in [-0.05, 0) is 24.1 Å². The molecule has 0 N–H and O–H groups in total. The molecule has 1 unspecified atom stereocenters. The Morgan fingerprint density at radius 3 is 2.47 bits per heavy atom.